The van der Waals surface area contributed by atoms with Crippen molar-refractivity contribution in [1.82, 2.24) is 9.80 Å². The third-order valence-electron chi connectivity index (χ3n) is 3.46. The number of likely N-dealkylation sites (tertiary alicyclic amines) is 2. The zero-order chi connectivity index (χ0) is 13.4. The molecule has 0 N–H and O–H groups in total. The van der Waals surface area contributed by atoms with E-state index in [1.807, 2.05) is 18.7 Å². The molecule has 0 atom stereocenters. The highest BCUT2D eigenvalue weighted by Gasteiger charge is 2.23. The minimum atomic E-state index is 0. The van der Waals surface area contributed by atoms with Gasteiger partial charge in [0, 0.05) is 27.5 Å². The Hall–Kier alpha value is -1.06. The maximum absolute atomic E-state index is 11.9. The summed E-state index contributed by atoms with van der Waals surface area (Å²) in [7, 11) is 0. The van der Waals surface area contributed by atoms with Crippen LogP contribution in [0.25, 0.3) is 0 Å². The van der Waals surface area contributed by atoms with Crippen molar-refractivity contribution in [3.63, 3.8) is 0 Å². The predicted octanol–water partition coefficient (Wildman–Crippen LogP) is 2.28. The SMILES string of the molecule is CC.O=C(CN1CCCCCC1=O)N1CCCC1.[HH]. The van der Waals surface area contributed by atoms with Crippen LogP contribution < -0.4 is 0 Å². The Bertz CT molecular complexity index is 279. The molecule has 2 saturated heterocycles. The van der Waals surface area contributed by atoms with E-state index in [9.17, 15) is 9.59 Å². The minimum Gasteiger partial charge on any atom is -0.341 e. The van der Waals surface area contributed by atoms with Gasteiger partial charge in [-0.1, -0.05) is 20.3 Å². The second-order valence-corrected chi connectivity index (χ2v) is 4.71. The van der Waals surface area contributed by atoms with Gasteiger partial charge in [-0.25, -0.2) is 0 Å². The summed E-state index contributed by atoms with van der Waals surface area (Å²) in [5.74, 6) is 0.290. The normalized spacial score (nSPS) is 20.2. The number of hydrogen-bond acceptors (Lipinski definition) is 2. The van der Waals surface area contributed by atoms with E-state index >= 15 is 0 Å². The molecule has 0 bridgehead atoms. The minimum absolute atomic E-state index is 0. The van der Waals surface area contributed by atoms with Crippen molar-refractivity contribution in [2.45, 2.75) is 52.4 Å². The molecule has 0 saturated carbocycles. The molecule has 2 fully saturated rings. The Kier molecular flexibility index (Phi) is 6.76. The van der Waals surface area contributed by atoms with Gasteiger partial charge >= 0.3 is 0 Å². The lowest BCUT2D eigenvalue weighted by Crippen LogP contribution is -2.41. The van der Waals surface area contributed by atoms with Gasteiger partial charge in [0.1, 0.15) is 0 Å². The molecule has 18 heavy (non-hydrogen) atoms. The highest BCUT2D eigenvalue weighted by Crippen LogP contribution is 2.13. The summed E-state index contributed by atoms with van der Waals surface area (Å²) in [5.41, 5.74) is 0. The molecule has 106 valence electrons. The lowest BCUT2D eigenvalue weighted by atomic mass is 10.2. The van der Waals surface area contributed by atoms with Crippen LogP contribution in [0.15, 0.2) is 0 Å². The number of rotatable bonds is 2. The van der Waals surface area contributed by atoms with E-state index in [1.165, 1.54) is 0 Å². The number of carbonyl (C=O) groups excluding carboxylic acids is 2. The Balaban J connectivity index is 0.00000103. The second-order valence-electron chi connectivity index (χ2n) is 4.71. The Morgan fingerprint density at radius 2 is 1.67 bits per heavy atom. The van der Waals surface area contributed by atoms with Gasteiger partial charge < -0.3 is 9.80 Å². The fourth-order valence-electron chi connectivity index (χ4n) is 2.44. The Labute approximate surface area is 112 Å². The summed E-state index contributed by atoms with van der Waals surface area (Å²) in [6.07, 6.45) is 5.97. The van der Waals surface area contributed by atoms with Crippen molar-refractivity contribution in [3.8, 4) is 0 Å². The van der Waals surface area contributed by atoms with E-state index in [1.54, 1.807) is 4.90 Å². The Morgan fingerprint density at radius 3 is 2.33 bits per heavy atom. The topological polar surface area (TPSA) is 40.6 Å². The van der Waals surface area contributed by atoms with Crippen LogP contribution in [0.3, 0.4) is 0 Å². The molecule has 0 aromatic heterocycles. The number of hydrogen-bond donors (Lipinski definition) is 0. The van der Waals surface area contributed by atoms with E-state index in [-0.39, 0.29) is 13.2 Å². The summed E-state index contributed by atoms with van der Waals surface area (Å²) < 4.78 is 0. The molecule has 4 nitrogen and oxygen atoms in total. The molecule has 2 aliphatic rings. The molecule has 0 unspecified atom stereocenters. The highest BCUT2D eigenvalue weighted by atomic mass is 16.2. The summed E-state index contributed by atoms with van der Waals surface area (Å²) in [6.45, 7) is 6.82. The van der Waals surface area contributed by atoms with E-state index in [4.69, 9.17) is 0 Å². The summed E-state index contributed by atoms with van der Waals surface area (Å²) in [5, 5.41) is 0. The fraction of sp³-hybridized carbons (Fsp3) is 0.857. The molecule has 2 aliphatic heterocycles. The third-order valence-corrected chi connectivity index (χ3v) is 3.46. The van der Waals surface area contributed by atoms with Crippen LogP contribution >= 0.6 is 0 Å². The third kappa shape index (κ3) is 4.31. The highest BCUT2D eigenvalue weighted by molar-refractivity contribution is 5.85. The first-order valence-electron chi connectivity index (χ1n) is 7.33. The molecular formula is C14H28N2O2. The standard InChI is InChI=1S/C12H20N2O2.C2H6.H2/c15-11-6-2-1-3-9-14(11)10-12(16)13-7-4-5-8-13;1-2;/h1-10H2;1-2H3;1H. The summed E-state index contributed by atoms with van der Waals surface area (Å²) >= 11 is 0. The largest absolute Gasteiger partial charge is 0.341 e. The van der Waals surface area contributed by atoms with Crippen LogP contribution in [0.2, 0.25) is 0 Å². The first-order valence-corrected chi connectivity index (χ1v) is 7.33. The van der Waals surface area contributed by atoms with Gasteiger partial charge in [0.25, 0.3) is 0 Å². The van der Waals surface area contributed by atoms with Crippen molar-refractivity contribution >= 4 is 11.8 Å². The molecule has 2 heterocycles. The van der Waals surface area contributed by atoms with Gasteiger partial charge in [0.15, 0.2) is 0 Å². The summed E-state index contributed by atoms with van der Waals surface area (Å²) in [4.78, 5) is 27.3. The van der Waals surface area contributed by atoms with Crippen molar-refractivity contribution in [2.75, 3.05) is 26.2 Å². The van der Waals surface area contributed by atoms with Crippen LogP contribution in [0.1, 0.15) is 53.8 Å². The van der Waals surface area contributed by atoms with Crippen molar-refractivity contribution in [3.05, 3.63) is 0 Å². The van der Waals surface area contributed by atoms with Gasteiger partial charge in [-0.2, -0.15) is 0 Å². The molecule has 0 aromatic carbocycles. The van der Waals surface area contributed by atoms with Crippen LogP contribution in [-0.2, 0) is 9.59 Å². The summed E-state index contributed by atoms with van der Waals surface area (Å²) in [6, 6.07) is 0. The van der Waals surface area contributed by atoms with E-state index in [2.05, 4.69) is 0 Å². The molecule has 0 radical (unpaired) electrons. The van der Waals surface area contributed by atoms with Crippen molar-refractivity contribution in [2.24, 2.45) is 0 Å². The number of carbonyl (C=O) groups is 2. The van der Waals surface area contributed by atoms with Crippen LogP contribution in [0.4, 0.5) is 0 Å². The van der Waals surface area contributed by atoms with Gasteiger partial charge in [0.05, 0.1) is 6.54 Å². The molecule has 0 spiro atoms. The first kappa shape index (κ1) is 15.0. The average Bonchev–Trinajstić information content (AvgIpc) is 2.86. The lowest BCUT2D eigenvalue weighted by Gasteiger charge is -2.23. The van der Waals surface area contributed by atoms with Crippen molar-refractivity contribution in [1.29, 1.82) is 0 Å². The lowest BCUT2D eigenvalue weighted by molar-refractivity contribution is -0.139. The van der Waals surface area contributed by atoms with Crippen LogP contribution in [0, 0.1) is 0 Å². The molecular weight excluding hydrogens is 228 g/mol. The maximum atomic E-state index is 11.9. The maximum Gasteiger partial charge on any atom is 0.242 e. The fourth-order valence-corrected chi connectivity index (χ4v) is 2.44. The number of nitrogens with zero attached hydrogens (tertiary/aromatic N) is 2. The molecule has 2 rings (SSSR count). The van der Waals surface area contributed by atoms with Gasteiger partial charge in [0.2, 0.25) is 11.8 Å². The van der Waals surface area contributed by atoms with E-state index in [0.717, 1.165) is 51.7 Å². The van der Waals surface area contributed by atoms with Crippen LogP contribution in [-0.4, -0.2) is 47.8 Å². The van der Waals surface area contributed by atoms with Gasteiger partial charge in [-0.05, 0) is 25.7 Å². The molecule has 0 aromatic rings. The molecule has 4 heteroatoms. The monoisotopic (exact) mass is 256 g/mol. The molecule has 2 amide bonds. The zero-order valence-electron chi connectivity index (χ0n) is 11.8. The number of amides is 2. The van der Waals surface area contributed by atoms with E-state index < -0.39 is 0 Å². The quantitative estimate of drug-likeness (QED) is 0.760. The Morgan fingerprint density at radius 1 is 1.06 bits per heavy atom. The van der Waals surface area contributed by atoms with Crippen molar-refractivity contribution < 1.29 is 11.0 Å². The van der Waals surface area contributed by atoms with Crippen LogP contribution in [0.5, 0.6) is 0 Å². The van der Waals surface area contributed by atoms with Gasteiger partial charge in [-0.3, -0.25) is 9.59 Å². The zero-order valence-corrected chi connectivity index (χ0v) is 11.8. The van der Waals surface area contributed by atoms with E-state index in [0.29, 0.717) is 13.0 Å². The second kappa shape index (κ2) is 8.11. The smallest absolute Gasteiger partial charge is 0.242 e. The average molecular weight is 256 g/mol. The first-order chi connectivity index (χ1) is 8.77. The predicted molar refractivity (Wildman–Crippen MR) is 74.3 cm³/mol. The molecule has 0 aliphatic carbocycles. The van der Waals surface area contributed by atoms with Gasteiger partial charge in [-0.15, -0.1) is 0 Å².